The van der Waals surface area contributed by atoms with Crippen LogP contribution in [0.5, 0.6) is 5.75 Å². The van der Waals surface area contributed by atoms with Crippen LogP contribution in [0.25, 0.3) is 0 Å². The number of nitrogens with zero attached hydrogens (tertiary/aromatic N) is 3. The number of anilines is 3. The van der Waals surface area contributed by atoms with Crippen LogP contribution in [0.2, 0.25) is 5.02 Å². The monoisotopic (exact) mass is 332 g/mol. The summed E-state index contributed by atoms with van der Waals surface area (Å²) in [5, 5.41) is 3.84. The summed E-state index contributed by atoms with van der Waals surface area (Å²) < 4.78 is 5.17. The lowest BCUT2D eigenvalue weighted by atomic mass is 10.0. The molecule has 0 bridgehead atoms. The Kier molecular flexibility index (Phi) is 4.86. The number of methoxy groups -OCH3 is 1. The van der Waals surface area contributed by atoms with E-state index in [-0.39, 0.29) is 0 Å². The van der Waals surface area contributed by atoms with E-state index in [9.17, 15) is 0 Å². The molecule has 1 aromatic carbocycles. The Bertz CT molecular complexity index is 679. The van der Waals surface area contributed by atoms with Crippen LogP contribution in [-0.2, 0) is 0 Å². The lowest BCUT2D eigenvalue weighted by Gasteiger charge is -2.31. The van der Waals surface area contributed by atoms with Crippen molar-refractivity contribution in [1.82, 2.24) is 9.97 Å². The zero-order valence-corrected chi connectivity index (χ0v) is 14.2. The van der Waals surface area contributed by atoms with Crippen LogP contribution in [0, 0.1) is 5.92 Å². The number of hydrogen-bond donors (Lipinski definition) is 1. The van der Waals surface area contributed by atoms with E-state index in [2.05, 4.69) is 27.1 Å². The Morgan fingerprint density at radius 1 is 1.30 bits per heavy atom. The predicted molar refractivity (Wildman–Crippen MR) is 93.9 cm³/mol. The second-order valence-corrected chi connectivity index (χ2v) is 6.34. The number of hydrogen-bond acceptors (Lipinski definition) is 5. The highest BCUT2D eigenvalue weighted by atomic mass is 35.5. The molecule has 1 N–H and O–H groups in total. The molecule has 1 unspecified atom stereocenters. The standard InChI is InChI=1S/C17H21ClN4O/c1-12-4-3-7-22(10-12)17-9-16(19-11-20-17)21-13-5-6-15(23-2)14(18)8-13/h5-6,8-9,11-12H,3-4,7,10H2,1-2H3,(H,19,20,21). The number of aromatic nitrogens is 2. The first-order valence-electron chi connectivity index (χ1n) is 7.83. The van der Waals surface area contributed by atoms with E-state index in [1.54, 1.807) is 13.4 Å². The Labute approximate surface area is 141 Å². The van der Waals surface area contributed by atoms with E-state index in [0.29, 0.717) is 16.7 Å². The summed E-state index contributed by atoms with van der Waals surface area (Å²) in [4.78, 5) is 11.0. The van der Waals surface area contributed by atoms with Gasteiger partial charge in [0, 0.05) is 24.8 Å². The average molecular weight is 333 g/mol. The highest BCUT2D eigenvalue weighted by molar-refractivity contribution is 6.32. The quantitative estimate of drug-likeness (QED) is 0.912. The fourth-order valence-electron chi connectivity index (χ4n) is 2.88. The first-order valence-corrected chi connectivity index (χ1v) is 8.21. The minimum Gasteiger partial charge on any atom is -0.495 e. The Morgan fingerprint density at radius 2 is 2.17 bits per heavy atom. The van der Waals surface area contributed by atoms with Crippen molar-refractivity contribution in [3.63, 3.8) is 0 Å². The van der Waals surface area contributed by atoms with Gasteiger partial charge in [-0.05, 0) is 37.0 Å². The molecule has 0 aliphatic carbocycles. The molecule has 0 saturated carbocycles. The van der Waals surface area contributed by atoms with Gasteiger partial charge in [0.25, 0.3) is 0 Å². The molecule has 6 heteroatoms. The van der Waals surface area contributed by atoms with Gasteiger partial charge in [0.05, 0.1) is 12.1 Å². The van der Waals surface area contributed by atoms with Gasteiger partial charge >= 0.3 is 0 Å². The lowest BCUT2D eigenvalue weighted by Crippen LogP contribution is -2.34. The normalized spacial score (nSPS) is 17.9. The molecule has 1 aliphatic rings. The molecule has 1 aliphatic heterocycles. The highest BCUT2D eigenvalue weighted by Crippen LogP contribution is 2.29. The van der Waals surface area contributed by atoms with E-state index in [1.807, 2.05) is 24.3 Å². The van der Waals surface area contributed by atoms with Crippen molar-refractivity contribution in [2.75, 3.05) is 30.4 Å². The molecular weight excluding hydrogens is 312 g/mol. The maximum Gasteiger partial charge on any atom is 0.137 e. The first-order chi connectivity index (χ1) is 11.2. The Morgan fingerprint density at radius 3 is 2.91 bits per heavy atom. The van der Waals surface area contributed by atoms with Gasteiger partial charge in [-0.1, -0.05) is 18.5 Å². The maximum absolute atomic E-state index is 6.16. The van der Waals surface area contributed by atoms with Crippen LogP contribution in [-0.4, -0.2) is 30.2 Å². The van der Waals surface area contributed by atoms with Crippen LogP contribution >= 0.6 is 11.6 Å². The van der Waals surface area contributed by atoms with Crippen LogP contribution in [0.15, 0.2) is 30.6 Å². The van der Waals surface area contributed by atoms with Crippen molar-refractivity contribution in [3.8, 4) is 5.75 Å². The van der Waals surface area contributed by atoms with Gasteiger partial charge in [0.15, 0.2) is 0 Å². The van der Waals surface area contributed by atoms with E-state index >= 15 is 0 Å². The zero-order chi connectivity index (χ0) is 16.2. The molecule has 1 atom stereocenters. The van der Waals surface area contributed by atoms with Crippen molar-refractivity contribution in [2.24, 2.45) is 5.92 Å². The molecule has 2 aromatic rings. The van der Waals surface area contributed by atoms with Crippen LogP contribution in [0.1, 0.15) is 19.8 Å². The van der Waals surface area contributed by atoms with Crippen molar-refractivity contribution >= 4 is 28.9 Å². The van der Waals surface area contributed by atoms with Crippen LogP contribution in [0.4, 0.5) is 17.3 Å². The molecule has 2 heterocycles. The summed E-state index contributed by atoms with van der Waals surface area (Å²) in [6.45, 7) is 4.38. The predicted octanol–water partition coefficient (Wildman–Crippen LogP) is 4.12. The molecule has 23 heavy (non-hydrogen) atoms. The molecule has 0 radical (unpaired) electrons. The lowest BCUT2D eigenvalue weighted by molar-refractivity contribution is 0.415. The number of rotatable bonds is 4. The number of piperidine rings is 1. The smallest absolute Gasteiger partial charge is 0.137 e. The van der Waals surface area contributed by atoms with Crippen molar-refractivity contribution < 1.29 is 4.74 Å². The largest absolute Gasteiger partial charge is 0.495 e. The summed E-state index contributed by atoms with van der Waals surface area (Å²) in [7, 11) is 1.60. The second kappa shape index (κ2) is 7.04. The second-order valence-electron chi connectivity index (χ2n) is 5.93. The SMILES string of the molecule is COc1ccc(Nc2cc(N3CCCC(C)C3)ncn2)cc1Cl. The minimum absolute atomic E-state index is 0.566. The van der Waals surface area contributed by atoms with E-state index in [4.69, 9.17) is 16.3 Å². The van der Waals surface area contributed by atoms with E-state index < -0.39 is 0 Å². The molecule has 3 rings (SSSR count). The number of benzene rings is 1. The van der Waals surface area contributed by atoms with Crippen molar-refractivity contribution in [1.29, 1.82) is 0 Å². The molecule has 5 nitrogen and oxygen atoms in total. The van der Waals surface area contributed by atoms with E-state index in [1.165, 1.54) is 12.8 Å². The average Bonchev–Trinajstić information content (AvgIpc) is 2.55. The van der Waals surface area contributed by atoms with Crippen LogP contribution < -0.4 is 15.0 Å². The molecule has 0 spiro atoms. The zero-order valence-electron chi connectivity index (χ0n) is 13.4. The molecule has 0 amide bonds. The van der Waals surface area contributed by atoms with E-state index in [0.717, 1.165) is 30.4 Å². The molecule has 122 valence electrons. The van der Waals surface area contributed by atoms with Gasteiger partial charge in [-0.3, -0.25) is 0 Å². The van der Waals surface area contributed by atoms with Crippen molar-refractivity contribution in [2.45, 2.75) is 19.8 Å². The summed E-state index contributed by atoms with van der Waals surface area (Å²) in [5.41, 5.74) is 0.868. The molecule has 1 saturated heterocycles. The van der Waals surface area contributed by atoms with Gasteiger partial charge in [0.1, 0.15) is 23.7 Å². The van der Waals surface area contributed by atoms with Crippen LogP contribution in [0.3, 0.4) is 0 Å². The minimum atomic E-state index is 0.566. The number of halogens is 1. The summed E-state index contributed by atoms with van der Waals surface area (Å²) in [6.07, 6.45) is 4.10. The third-order valence-corrected chi connectivity index (χ3v) is 4.35. The van der Waals surface area contributed by atoms with Gasteiger partial charge in [-0.15, -0.1) is 0 Å². The highest BCUT2D eigenvalue weighted by Gasteiger charge is 2.18. The summed E-state index contributed by atoms with van der Waals surface area (Å²) in [6, 6.07) is 7.55. The first kappa shape index (κ1) is 15.9. The van der Waals surface area contributed by atoms with Gasteiger partial charge in [0.2, 0.25) is 0 Å². The van der Waals surface area contributed by atoms with Gasteiger partial charge in [-0.25, -0.2) is 9.97 Å². The fourth-order valence-corrected chi connectivity index (χ4v) is 3.14. The Hall–Kier alpha value is -2.01. The number of ether oxygens (including phenoxy) is 1. The van der Waals surface area contributed by atoms with Gasteiger partial charge < -0.3 is 15.0 Å². The summed E-state index contributed by atoms with van der Waals surface area (Å²) >= 11 is 6.16. The third-order valence-electron chi connectivity index (χ3n) is 4.06. The van der Waals surface area contributed by atoms with Crippen molar-refractivity contribution in [3.05, 3.63) is 35.6 Å². The molecular formula is C17H21ClN4O. The number of nitrogens with one attached hydrogen (secondary N) is 1. The fraction of sp³-hybridized carbons (Fsp3) is 0.412. The summed E-state index contributed by atoms with van der Waals surface area (Å²) in [5.74, 6) is 3.08. The molecule has 1 fully saturated rings. The topological polar surface area (TPSA) is 50.3 Å². The maximum atomic E-state index is 6.16. The molecule has 1 aromatic heterocycles. The Balaban J connectivity index is 1.76. The van der Waals surface area contributed by atoms with Gasteiger partial charge in [-0.2, -0.15) is 0 Å². The third kappa shape index (κ3) is 3.85.